The molecule has 1 saturated carbocycles. The Balaban J connectivity index is 1.90. The summed E-state index contributed by atoms with van der Waals surface area (Å²) in [6.07, 6.45) is 7.00. The van der Waals surface area contributed by atoms with Gasteiger partial charge in [0.2, 0.25) is 0 Å². The van der Waals surface area contributed by atoms with Crippen LogP contribution < -0.4 is 10.2 Å². The zero-order chi connectivity index (χ0) is 12.4. The summed E-state index contributed by atoms with van der Waals surface area (Å²) in [5, 5.41) is 3.63. The van der Waals surface area contributed by atoms with Crippen LogP contribution in [0.5, 0.6) is 0 Å². The molecule has 0 bridgehead atoms. The molecule has 0 radical (unpaired) electrons. The van der Waals surface area contributed by atoms with E-state index in [0.29, 0.717) is 6.04 Å². The molecule has 3 rings (SSSR count). The van der Waals surface area contributed by atoms with Crippen LogP contribution in [0.3, 0.4) is 0 Å². The van der Waals surface area contributed by atoms with E-state index in [1.54, 1.807) is 0 Å². The molecular formula is C16H24N2. The molecule has 2 nitrogen and oxygen atoms in total. The Morgan fingerprint density at radius 1 is 1.11 bits per heavy atom. The van der Waals surface area contributed by atoms with Crippen molar-refractivity contribution in [1.82, 2.24) is 5.32 Å². The molecule has 1 aliphatic heterocycles. The van der Waals surface area contributed by atoms with Crippen molar-refractivity contribution < 1.29 is 0 Å². The predicted molar refractivity (Wildman–Crippen MR) is 77.0 cm³/mol. The Kier molecular flexibility index (Phi) is 3.55. The van der Waals surface area contributed by atoms with Crippen LogP contribution in [-0.4, -0.2) is 18.6 Å². The normalized spacial score (nSPS) is 25.6. The number of nitrogens with zero attached hydrogens (tertiary/aromatic N) is 1. The fraction of sp³-hybridized carbons (Fsp3) is 0.625. The highest BCUT2D eigenvalue weighted by molar-refractivity contribution is 5.55. The first-order valence-corrected chi connectivity index (χ1v) is 7.42. The second-order valence-electron chi connectivity index (χ2n) is 5.85. The van der Waals surface area contributed by atoms with Gasteiger partial charge in [-0.25, -0.2) is 0 Å². The molecule has 98 valence electrons. The first-order chi connectivity index (χ1) is 8.84. The fourth-order valence-corrected chi connectivity index (χ4v) is 3.42. The van der Waals surface area contributed by atoms with Crippen molar-refractivity contribution in [2.45, 2.75) is 57.7 Å². The van der Waals surface area contributed by atoms with Gasteiger partial charge in [0, 0.05) is 30.9 Å². The summed E-state index contributed by atoms with van der Waals surface area (Å²) in [4.78, 5) is 2.68. The predicted octanol–water partition coefficient (Wildman–Crippen LogP) is 3.32. The van der Waals surface area contributed by atoms with Crippen LogP contribution >= 0.6 is 0 Å². The Bertz CT molecular complexity index is 396. The number of rotatable bonds is 1. The van der Waals surface area contributed by atoms with E-state index in [-0.39, 0.29) is 0 Å². The lowest BCUT2D eigenvalue weighted by molar-refractivity contribution is 0.403. The molecule has 2 aliphatic rings. The molecule has 0 saturated heterocycles. The van der Waals surface area contributed by atoms with E-state index in [1.165, 1.54) is 43.4 Å². The molecular weight excluding hydrogens is 220 g/mol. The monoisotopic (exact) mass is 244 g/mol. The molecule has 0 aromatic heterocycles. The molecule has 2 heteroatoms. The molecule has 18 heavy (non-hydrogen) atoms. The van der Waals surface area contributed by atoms with Crippen molar-refractivity contribution in [1.29, 1.82) is 0 Å². The molecule has 1 aliphatic carbocycles. The molecule has 0 spiro atoms. The summed E-state index contributed by atoms with van der Waals surface area (Å²) in [7, 11) is 0. The zero-order valence-corrected chi connectivity index (χ0v) is 11.4. The van der Waals surface area contributed by atoms with Gasteiger partial charge in [-0.2, -0.15) is 0 Å². The highest BCUT2D eigenvalue weighted by Crippen LogP contribution is 2.31. The summed E-state index contributed by atoms with van der Waals surface area (Å²) in [6.45, 7) is 4.48. The maximum absolute atomic E-state index is 3.63. The van der Waals surface area contributed by atoms with Crippen LogP contribution in [0.2, 0.25) is 0 Å². The average molecular weight is 244 g/mol. The standard InChI is InChI=1S/C16H24N2/c1-13-12-18(15-8-3-2-4-9-15)16-10-6-5-7-14(16)11-17-13/h5-7,10,13,15,17H,2-4,8-9,11-12H2,1H3. The minimum absolute atomic E-state index is 0.583. The molecule has 0 amide bonds. The van der Waals surface area contributed by atoms with Crippen LogP contribution in [0.1, 0.15) is 44.6 Å². The van der Waals surface area contributed by atoms with Gasteiger partial charge in [0.25, 0.3) is 0 Å². The minimum Gasteiger partial charge on any atom is -0.367 e. The third-order valence-corrected chi connectivity index (χ3v) is 4.43. The molecule has 1 heterocycles. The van der Waals surface area contributed by atoms with Gasteiger partial charge in [-0.3, -0.25) is 0 Å². The van der Waals surface area contributed by atoms with E-state index >= 15 is 0 Å². The summed E-state index contributed by atoms with van der Waals surface area (Å²) in [6, 6.07) is 10.3. The summed E-state index contributed by atoms with van der Waals surface area (Å²) in [5.74, 6) is 0. The molecule has 1 N–H and O–H groups in total. The zero-order valence-electron chi connectivity index (χ0n) is 11.4. The summed E-state index contributed by atoms with van der Waals surface area (Å²) < 4.78 is 0. The number of hydrogen-bond acceptors (Lipinski definition) is 2. The number of fused-ring (bicyclic) bond motifs is 1. The lowest BCUT2D eigenvalue weighted by Gasteiger charge is -2.37. The second kappa shape index (κ2) is 5.31. The van der Waals surface area contributed by atoms with Gasteiger partial charge in [-0.05, 0) is 31.4 Å². The van der Waals surface area contributed by atoms with E-state index < -0.39 is 0 Å². The lowest BCUT2D eigenvalue weighted by atomic mass is 9.93. The number of para-hydroxylation sites is 1. The highest BCUT2D eigenvalue weighted by atomic mass is 15.2. The molecule has 1 aromatic rings. The van der Waals surface area contributed by atoms with E-state index in [1.807, 2.05) is 0 Å². The highest BCUT2D eigenvalue weighted by Gasteiger charge is 2.26. The number of anilines is 1. The number of benzene rings is 1. The molecule has 1 aromatic carbocycles. The van der Waals surface area contributed by atoms with Crippen molar-refractivity contribution >= 4 is 5.69 Å². The molecule has 1 fully saturated rings. The Hall–Kier alpha value is -1.02. The van der Waals surface area contributed by atoms with Gasteiger partial charge in [0.1, 0.15) is 0 Å². The first kappa shape index (κ1) is 12.0. The fourth-order valence-electron chi connectivity index (χ4n) is 3.42. The molecule has 1 unspecified atom stereocenters. The smallest absolute Gasteiger partial charge is 0.0414 e. The van der Waals surface area contributed by atoms with Crippen LogP contribution in [0, 0.1) is 0 Å². The Morgan fingerprint density at radius 3 is 2.72 bits per heavy atom. The molecule has 1 atom stereocenters. The first-order valence-electron chi connectivity index (χ1n) is 7.42. The Labute approximate surface area is 110 Å². The average Bonchev–Trinajstić information content (AvgIpc) is 2.60. The topological polar surface area (TPSA) is 15.3 Å². The van der Waals surface area contributed by atoms with Crippen molar-refractivity contribution in [3.05, 3.63) is 29.8 Å². The quantitative estimate of drug-likeness (QED) is 0.815. The largest absolute Gasteiger partial charge is 0.367 e. The van der Waals surface area contributed by atoms with Gasteiger partial charge >= 0.3 is 0 Å². The summed E-state index contributed by atoms with van der Waals surface area (Å²) >= 11 is 0. The number of nitrogens with one attached hydrogen (secondary N) is 1. The third-order valence-electron chi connectivity index (χ3n) is 4.43. The van der Waals surface area contributed by atoms with Gasteiger partial charge in [-0.1, -0.05) is 37.5 Å². The SMILES string of the molecule is CC1CN(C2CCCCC2)c2ccccc2CN1. The van der Waals surface area contributed by atoms with Crippen LogP contribution in [-0.2, 0) is 6.54 Å². The van der Waals surface area contributed by atoms with Gasteiger partial charge in [-0.15, -0.1) is 0 Å². The van der Waals surface area contributed by atoms with Crippen molar-refractivity contribution in [2.24, 2.45) is 0 Å². The van der Waals surface area contributed by atoms with Gasteiger partial charge < -0.3 is 10.2 Å². The van der Waals surface area contributed by atoms with Gasteiger partial charge in [0.05, 0.1) is 0 Å². The van der Waals surface area contributed by atoms with Crippen LogP contribution in [0.25, 0.3) is 0 Å². The van der Waals surface area contributed by atoms with Crippen molar-refractivity contribution in [3.8, 4) is 0 Å². The van der Waals surface area contributed by atoms with Crippen molar-refractivity contribution in [3.63, 3.8) is 0 Å². The Morgan fingerprint density at radius 2 is 1.89 bits per heavy atom. The minimum atomic E-state index is 0.583. The second-order valence-corrected chi connectivity index (χ2v) is 5.85. The lowest BCUT2D eigenvalue weighted by Crippen LogP contribution is -2.43. The van der Waals surface area contributed by atoms with Crippen LogP contribution in [0.15, 0.2) is 24.3 Å². The van der Waals surface area contributed by atoms with E-state index in [9.17, 15) is 0 Å². The van der Waals surface area contributed by atoms with E-state index in [0.717, 1.165) is 19.1 Å². The number of hydrogen-bond donors (Lipinski definition) is 1. The van der Waals surface area contributed by atoms with Crippen LogP contribution in [0.4, 0.5) is 5.69 Å². The van der Waals surface area contributed by atoms with Gasteiger partial charge in [0.15, 0.2) is 0 Å². The maximum Gasteiger partial charge on any atom is 0.0414 e. The van der Waals surface area contributed by atoms with Crippen molar-refractivity contribution in [2.75, 3.05) is 11.4 Å². The third kappa shape index (κ3) is 2.39. The van der Waals surface area contributed by atoms with E-state index in [2.05, 4.69) is 41.4 Å². The summed E-state index contributed by atoms with van der Waals surface area (Å²) in [5.41, 5.74) is 2.94. The van der Waals surface area contributed by atoms with E-state index in [4.69, 9.17) is 0 Å². The maximum atomic E-state index is 3.63.